The van der Waals surface area contributed by atoms with Crippen molar-refractivity contribution in [2.75, 3.05) is 6.54 Å². The summed E-state index contributed by atoms with van der Waals surface area (Å²) in [5.41, 5.74) is 3.30. The first kappa shape index (κ1) is 15.2. The van der Waals surface area contributed by atoms with Gasteiger partial charge in [-0.1, -0.05) is 13.3 Å². The molecule has 0 radical (unpaired) electrons. The lowest BCUT2D eigenvalue weighted by atomic mass is 10.1. The summed E-state index contributed by atoms with van der Waals surface area (Å²) in [6, 6.07) is 0.384. The highest BCUT2D eigenvalue weighted by Gasteiger charge is 2.27. The number of imidazole rings is 1. The van der Waals surface area contributed by atoms with Gasteiger partial charge in [-0.2, -0.15) is 0 Å². The molecule has 0 aromatic carbocycles. The van der Waals surface area contributed by atoms with Crippen molar-refractivity contribution in [2.24, 2.45) is 0 Å². The monoisotopic (exact) mass is 299 g/mol. The lowest BCUT2D eigenvalue weighted by molar-refractivity contribution is 0.241. The predicted molar refractivity (Wildman–Crippen MR) is 86.4 cm³/mol. The molecule has 1 aliphatic rings. The molecule has 0 saturated carbocycles. The number of hydrogen-bond donors (Lipinski definition) is 1. The van der Waals surface area contributed by atoms with E-state index < -0.39 is 0 Å². The number of nitrogens with one attached hydrogen (secondary N) is 1. The van der Waals surface area contributed by atoms with Gasteiger partial charge in [0.1, 0.15) is 5.82 Å². The molecule has 1 atom stereocenters. The molecule has 0 amide bonds. The van der Waals surface area contributed by atoms with Crippen LogP contribution in [0.2, 0.25) is 0 Å². The first-order chi connectivity index (χ1) is 10.8. The molecule has 3 heterocycles. The fraction of sp³-hybridized carbons (Fsp3) is 0.588. The van der Waals surface area contributed by atoms with Gasteiger partial charge in [0.2, 0.25) is 0 Å². The van der Waals surface area contributed by atoms with E-state index in [4.69, 9.17) is 0 Å². The second kappa shape index (κ2) is 7.01. The maximum atomic E-state index is 4.66. The SMILES string of the molecule is CCCCc1ncc(CN2CCC[C@H]2c2cncc(C)n2)[nH]1. The Bertz CT molecular complexity index is 607. The summed E-state index contributed by atoms with van der Waals surface area (Å²) in [7, 11) is 0. The Morgan fingerprint density at radius 2 is 2.23 bits per heavy atom. The zero-order valence-electron chi connectivity index (χ0n) is 13.5. The van der Waals surface area contributed by atoms with Gasteiger partial charge in [-0.3, -0.25) is 14.9 Å². The van der Waals surface area contributed by atoms with Crippen LogP contribution >= 0.6 is 0 Å². The minimum absolute atomic E-state index is 0.384. The maximum Gasteiger partial charge on any atom is 0.106 e. The van der Waals surface area contributed by atoms with Gasteiger partial charge in [-0.15, -0.1) is 0 Å². The molecule has 3 rings (SSSR count). The minimum atomic E-state index is 0.384. The van der Waals surface area contributed by atoms with Gasteiger partial charge >= 0.3 is 0 Å². The molecule has 22 heavy (non-hydrogen) atoms. The summed E-state index contributed by atoms with van der Waals surface area (Å²) in [5.74, 6) is 1.11. The van der Waals surface area contributed by atoms with E-state index in [2.05, 4.69) is 31.8 Å². The zero-order valence-corrected chi connectivity index (χ0v) is 13.5. The second-order valence-corrected chi connectivity index (χ2v) is 6.17. The number of aromatic amines is 1. The number of hydrogen-bond acceptors (Lipinski definition) is 4. The van der Waals surface area contributed by atoms with Crippen molar-refractivity contribution >= 4 is 0 Å². The summed E-state index contributed by atoms with van der Waals surface area (Å²) in [4.78, 5) is 19.4. The molecule has 1 fully saturated rings. The maximum absolute atomic E-state index is 4.66. The van der Waals surface area contributed by atoms with E-state index in [1.54, 1.807) is 0 Å². The molecule has 1 N–H and O–H groups in total. The summed E-state index contributed by atoms with van der Waals surface area (Å²) >= 11 is 0. The van der Waals surface area contributed by atoms with Crippen LogP contribution in [0.25, 0.3) is 0 Å². The highest BCUT2D eigenvalue weighted by atomic mass is 15.2. The van der Waals surface area contributed by atoms with Crippen LogP contribution in [0, 0.1) is 6.92 Å². The minimum Gasteiger partial charge on any atom is -0.345 e. The number of unbranched alkanes of at least 4 members (excludes halogenated alkanes) is 1. The van der Waals surface area contributed by atoms with Gasteiger partial charge in [-0.05, 0) is 32.7 Å². The van der Waals surface area contributed by atoms with Crippen molar-refractivity contribution in [3.05, 3.63) is 41.5 Å². The largest absolute Gasteiger partial charge is 0.345 e. The molecular formula is C17H25N5. The Morgan fingerprint density at radius 3 is 3.05 bits per heavy atom. The van der Waals surface area contributed by atoms with Gasteiger partial charge < -0.3 is 4.98 Å². The van der Waals surface area contributed by atoms with E-state index in [0.29, 0.717) is 6.04 Å². The Balaban J connectivity index is 1.67. The molecule has 1 aliphatic heterocycles. The molecule has 0 unspecified atom stereocenters. The standard InChI is InChI=1S/C17H25N5/c1-3-4-7-17-19-10-14(21-17)12-22-8-5-6-16(22)15-11-18-9-13(2)20-15/h9-11,16H,3-8,12H2,1-2H3,(H,19,21)/t16-/m0/s1. The van der Waals surface area contributed by atoms with E-state index in [1.807, 2.05) is 25.5 Å². The molecule has 118 valence electrons. The summed E-state index contributed by atoms with van der Waals surface area (Å²) in [5, 5.41) is 0. The van der Waals surface area contributed by atoms with Crippen molar-refractivity contribution in [2.45, 2.75) is 58.5 Å². The average molecular weight is 299 g/mol. The van der Waals surface area contributed by atoms with E-state index in [1.165, 1.54) is 25.0 Å². The van der Waals surface area contributed by atoms with Crippen molar-refractivity contribution in [1.29, 1.82) is 0 Å². The molecule has 0 bridgehead atoms. The first-order valence-electron chi connectivity index (χ1n) is 8.31. The molecule has 0 spiro atoms. The number of aryl methyl sites for hydroxylation is 2. The van der Waals surface area contributed by atoms with Crippen molar-refractivity contribution in [3.8, 4) is 0 Å². The fourth-order valence-corrected chi connectivity index (χ4v) is 3.17. The number of rotatable bonds is 6. The van der Waals surface area contributed by atoms with Crippen LogP contribution in [0.4, 0.5) is 0 Å². The van der Waals surface area contributed by atoms with E-state index in [9.17, 15) is 0 Å². The number of nitrogens with zero attached hydrogens (tertiary/aromatic N) is 4. The van der Waals surface area contributed by atoms with Crippen LogP contribution in [-0.4, -0.2) is 31.4 Å². The third-order valence-corrected chi connectivity index (χ3v) is 4.30. The summed E-state index contributed by atoms with van der Waals surface area (Å²) in [6.45, 7) is 6.25. The highest BCUT2D eigenvalue weighted by Crippen LogP contribution is 2.31. The lowest BCUT2D eigenvalue weighted by Gasteiger charge is -2.23. The van der Waals surface area contributed by atoms with Crippen LogP contribution in [0.15, 0.2) is 18.6 Å². The van der Waals surface area contributed by atoms with Crippen LogP contribution in [0.1, 0.15) is 61.6 Å². The topological polar surface area (TPSA) is 57.7 Å². The normalized spacial score (nSPS) is 18.9. The third kappa shape index (κ3) is 3.53. The molecule has 2 aromatic rings. The molecule has 5 heteroatoms. The Morgan fingerprint density at radius 1 is 1.32 bits per heavy atom. The first-order valence-corrected chi connectivity index (χ1v) is 8.31. The molecule has 0 aliphatic carbocycles. The molecule has 2 aromatic heterocycles. The molecule has 1 saturated heterocycles. The fourth-order valence-electron chi connectivity index (χ4n) is 3.17. The third-order valence-electron chi connectivity index (χ3n) is 4.30. The Hall–Kier alpha value is -1.75. The molecular weight excluding hydrogens is 274 g/mol. The quantitative estimate of drug-likeness (QED) is 0.890. The van der Waals surface area contributed by atoms with E-state index in [-0.39, 0.29) is 0 Å². The Kier molecular flexibility index (Phi) is 4.83. The van der Waals surface area contributed by atoms with E-state index >= 15 is 0 Å². The van der Waals surface area contributed by atoms with Crippen LogP contribution in [0.3, 0.4) is 0 Å². The number of aromatic nitrogens is 4. The van der Waals surface area contributed by atoms with Gasteiger partial charge in [0.15, 0.2) is 0 Å². The van der Waals surface area contributed by atoms with Crippen molar-refractivity contribution in [3.63, 3.8) is 0 Å². The number of likely N-dealkylation sites (tertiary alicyclic amines) is 1. The van der Waals surface area contributed by atoms with Crippen LogP contribution < -0.4 is 0 Å². The van der Waals surface area contributed by atoms with Gasteiger partial charge in [-0.25, -0.2) is 4.98 Å². The smallest absolute Gasteiger partial charge is 0.106 e. The van der Waals surface area contributed by atoms with E-state index in [0.717, 1.165) is 43.1 Å². The van der Waals surface area contributed by atoms with Crippen LogP contribution in [-0.2, 0) is 13.0 Å². The lowest BCUT2D eigenvalue weighted by Crippen LogP contribution is -2.24. The van der Waals surface area contributed by atoms with Gasteiger partial charge in [0.05, 0.1) is 17.4 Å². The van der Waals surface area contributed by atoms with Gasteiger partial charge in [0.25, 0.3) is 0 Å². The number of H-pyrrole nitrogens is 1. The summed E-state index contributed by atoms with van der Waals surface area (Å²) < 4.78 is 0. The second-order valence-electron chi connectivity index (χ2n) is 6.17. The summed E-state index contributed by atoms with van der Waals surface area (Å²) in [6.07, 6.45) is 11.5. The van der Waals surface area contributed by atoms with Crippen molar-refractivity contribution in [1.82, 2.24) is 24.8 Å². The zero-order chi connectivity index (χ0) is 15.4. The van der Waals surface area contributed by atoms with Crippen molar-refractivity contribution < 1.29 is 0 Å². The highest BCUT2D eigenvalue weighted by molar-refractivity contribution is 5.10. The Labute approximate surface area is 132 Å². The average Bonchev–Trinajstić information content (AvgIpc) is 3.15. The van der Waals surface area contributed by atoms with Gasteiger partial charge in [0, 0.05) is 37.3 Å². The molecule has 5 nitrogen and oxygen atoms in total. The van der Waals surface area contributed by atoms with Crippen LogP contribution in [0.5, 0.6) is 0 Å². The predicted octanol–water partition coefficient (Wildman–Crippen LogP) is 3.19.